The van der Waals surface area contributed by atoms with Crippen LogP contribution in [-0.2, 0) is 0 Å². The van der Waals surface area contributed by atoms with Gasteiger partial charge in [0.1, 0.15) is 17.7 Å². The number of aryl methyl sites for hydroxylation is 2. The minimum Gasteiger partial charge on any atom is -0.233 e. The van der Waals surface area contributed by atoms with Gasteiger partial charge in [0.25, 0.3) is 0 Å². The Morgan fingerprint density at radius 3 is 2.58 bits per heavy atom. The second-order valence-electron chi connectivity index (χ2n) is 2.70. The first-order chi connectivity index (χ1) is 5.69. The minimum absolute atomic E-state index is 0.175. The fraction of sp³-hybridized carbons (Fsp3) is 0.625. The predicted molar refractivity (Wildman–Crippen MR) is 44.4 cm³/mol. The van der Waals surface area contributed by atoms with Crippen molar-refractivity contribution in [2.45, 2.75) is 33.2 Å². The van der Waals surface area contributed by atoms with Crippen LogP contribution in [0.3, 0.4) is 0 Å². The highest BCUT2D eigenvalue weighted by molar-refractivity contribution is 4.96. The molecule has 0 radical (unpaired) electrons. The van der Waals surface area contributed by atoms with E-state index in [0.29, 0.717) is 0 Å². The molecule has 0 saturated carbocycles. The van der Waals surface area contributed by atoms with Gasteiger partial charge in [-0.15, -0.1) is 0 Å². The Hall–Kier alpha value is -1.37. The van der Waals surface area contributed by atoms with Crippen LogP contribution >= 0.6 is 0 Å². The average Bonchev–Trinajstić information content (AvgIpc) is 2.34. The Balaban J connectivity index is 3.02. The van der Waals surface area contributed by atoms with E-state index in [4.69, 9.17) is 5.26 Å². The van der Waals surface area contributed by atoms with Crippen LogP contribution in [-0.4, -0.2) is 14.8 Å². The second-order valence-corrected chi connectivity index (χ2v) is 2.70. The Morgan fingerprint density at radius 2 is 2.25 bits per heavy atom. The second kappa shape index (κ2) is 3.35. The molecule has 0 fully saturated rings. The molecule has 0 saturated heterocycles. The quantitative estimate of drug-likeness (QED) is 0.663. The van der Waals surface area contributed by atoms with Gasteiger partial charge in [-0.25, -0.2) is 9.67 Å². The maximum atomic E-state index is 8.77. The lowest BCUT2D eigenvalue weighted by Crippen LogP contribution is -2.09. The normalized spacial score (nSPS) is 12.5. The van der Waals surface area contributed by atoms with Crippen molar-refractivity contribution in [3.8, 4) is 6.07 Å². The average molecular weight is 164 g/mol. The van der Waals surface area contributed by atoms with Crippen molar-refractivity contribution in [1.82, 2.24) is 14.8 Å². The Kier molecular flexibility index (Phi) is 2.44. The third-order valence-corrected chi connectivity index (χ3v) is 1.74. The first-order valence-corrected chi connectivity index (χ1v) is 3.98. The molecule has 0 bridgehead atoms. The zero-order valence-electron chi connectivity index (χ0n) is 7.57. The monoisotopic (exact) mass is 164 g/mol. The van der Waals surface area contributed by atoms with Gasteiger partial charge in [-0.1, -0.05) is 6.92 Å². The fourth-order valence-corrected chi connectivity index (χ4v) is 1.15. The number of nitriles is 1. The molecule has 0 spiro atoms. The highest BCUT2D eigenvalue weighted by Gasteiger charge is 2.11. The molecule has 4 nitrogen and oxygen atoms in total. The number of rotatable bonds is 2. The Morgan fingerprint density at radius 1 is 1.58 bits per heavy atom. The van der Waals surface area contributed by atoms with Gasteiger partial charge in [-0.3, -0.25) is 0 Å². The molecule has 4 heteroatoms. The number of aromatic nitrogens is 3. The van der Waals surface area contributed by atoms with Crippen LogP contribution in [0.15, 0.2) is 0 Å². The first-order valence-electron chi connectivity index (χ1n) is 3.98. The van der Waals surface area contributed by atoms with Gasteiger partial charge in [-0.2, -0.15) is 10.4 Å². The van der Waals surface area contributed by atoms with Crippen molar-refractivity contribution in [2.24, 2.45) is 0 Å². The third kappa shape index (κ3) is 1.45. The van der Waals surface area contributed by atoms with Crippen LogP contribution in [0.1, 0.15) is 31.0 Å². The van der Waals surface area contributed by atoms with Crippen molar-refractivity contribution in [3.63, 3.8) is 0 Å². The highest BCUT2D eigenvalue weighted by Crippen LogP contribution is 2.10. The maximum absolute atomic E-state index is 8.77. The zero-order chi connectivity index (χ0) is 9.14. The van der Waals surface area contributed by atoms with Crippen molar-refractivity contribution < 1.29 is 0 Å². The minimum atomic E-state index is -0.175. The van der Waals surface area contributed by atoms with Crippen LogP contribution in [0.4, 0.5) is 0 Å². The summed E-state index contributed by atoms with van der Waals surface area (Å²) in [4.78, 5) is 4.13. The fourth-order valence-electron chi connectivity index (χ4n) is 1.15. The topological polar surface area (TPSA) is 54.5 Å². The van der Waals surface area contributed by atoms with E-state index in [2.05, 4.69) is 16.2 Å². The van der Waals surface area contributed by atoms with E-state index in [1.54, 1.807) is 4.68 Å². The van der Waals surface area contributed by atoms with E-state index in [0.717, 1.165) is 18.1 Å². The van der Waals surface area contributed by atoms with Crippen molar-refractivity contribution in [1.29, 1.82) is 5.26 Å². The SMILES string of the molecule is CCC(C#N)n1nc(C)nc1C. The predicted octanol–water partition coefficient (Wildman–Crippen LogP) is 1.37. The summed E-state index contributed by atoms with van der Waals surface area (Å²) in [7, 11) is 0. The van der Waals surface area contributed by atoms with E-state index >= 15 is 0 Å². The molecule has 0 amide bonds. The molecule has 1 unspecified atom stereocenters. The molecular weight excluding hydrogens is 152 g/mol. The molecule has 1 aromatic heterocycles. The summed E-state index contributed by atoms with van der Waals surface area (Å²) in [6, 6.07) is 2.01. The number of hydrogen-bond acceptors (Lipinski definition) is 3. The third-order valence-electron chi connectivity index (χ3n) is 1.74. The van der Waals surface area contributed by atoms with Crippen molar-refractivity contribution in [3.05, 3.63) is 11.6 Å². The summed E-state index contributed by atoms with van der Waals surface area (Å²) in [6.45, 7) is 5.65. The molecule has 1 heterocycles. The molecule has 1 rings (SSSR count). The summed E-state index contributed by atoms with van der Waals surface area (Å²) in [5.74, 6) is 1.53. The molecule has 0 aliphatic heterocycles. The molecule has 1 aromatic rings. The van der Waals surface area contributed by atoms with Crippen LogP contribution in [0.2, 0.25) is 0 Å². The first kappa shape index (κ1) is 8.72. The molecular formula is C8H12N4. The van der Waals surface area contributed by atoms with Crippen LogP contribution in [0.25, 0.3) is 0 Å². The van der Waals surface area contributed by atoms with Crippen molar-refractivity contribution >= 4 is 0 Å². The Labute approximate surface area is 71.8 Å². The summed E-state index contributed by atoms with van der Waals surface area (Å²) < 4.78 is 1.68. The lowest BCUT2D eigenvalue weighted by Gasteiger charge is -2.06. The molecule has 0 aliphatic rings. The summed E-state index contributed by atoms with van der Waals surface area (Å²) in [5.41, 5.74) is 0. The molecule has 0 aromatic carbocycles. The lowest BCUT2D eigenvalue weighted by molar-refractivity contribution is 0.517. The van der Waals surface area contributed by atoms with Gasteiger partial charge in [0.15, 0.2) is 0 Å². The van der Waals surface area contributed by atoms with E-state index in [1.807, 2.05) is 20.8 Å². The van der Waals surface area contributed by atoms with E-state index in [-0.39, 0.29) is 6.04 Å². The van der Waals surface area contributed by atoms with Gasteiger partial charge in [-0.05, 0) is 20.3 Å². The van der Waals surface area contributed by atoms with Crippen molar-refractivity contribution in [2.75, 3.05) is 0 Å². The van der Waals surface area contributed by atoms with Gasteiger partial charge < -0.3 is 0 Å². The largest absolute Gasteiger partial charge is 0.233 e. The highest BCUT2D eigenvalue weighted by atomic mass is 15.4. The number of hydrogen-bond donors (Lipinski definition) is 0. The maximum Gasteiger partial charge on any atom is 0.147 e. The summed E-state index contributed by atoms with van der Waals surface area (Å²) >= 11 is 0. The zero-order valence-corrected chi connectivity index (χ0v) is 7.57. The molecule has 0 aliphatic carbocycles. The summed E-state index contributed by atoms with van der Waals surface area (Å²) in [5, 5.41) is 12.9. The van der Waals surface area contributed by atoms with E-state index in [1.165, 1.54) is 0 Å². The Bertz CT molecular complexity index is 307. The van der Waals surface area contributed by atoms with Gasteiger partial charge in [0, 0.05) is 0 Å². The molecule has 64 valence electrons. The van der Waals surface area contributed by atoms with Gasteiger partial charge in [0.2, 0.25) is 0 Å². The van der Waals surface area contributed by atoms with E-state index < -0.39 is 0 Å². The molecule has 12 heavy (non-hydrogen) atoms. The molecule has 1 atom stereocenters. The van der Waals surface area contributed by atoms with Gasteiger partial charge in [0.05, 0.1) is 6.07 Å². The van der Waals surface area contributed by atoms with Crippen LogP contribution in [0.5, 0.6) is 0 Å². The van der Waals surface area contributed by atoms with Gasteiger partial charge >= 0.3 is 0 Å². The van der Waals surface area contributed by atoms with E-state index in [9.17, 15) is 0 Å². The number of nitrogens with zero attached hydrogens (tertiary/aromatic N) is 4. The van der Waals surface area contributed by atoms with Crippen LogP contribution in [0, 0.1) is 25.2 Å². The van der Waals surface area contributed by atoms with Crippen LogP contribution < -0.4 is 0 Å². The summed E-state index contributed by atoms with van der Waals surface area (Å²) in [6.07, 6.45) is 0.764. The lowest BCUT2D eigenvalue weighted by atomic mass is 10.2. The smallest absolute Gasteiger partial charge is 0.147 e. The standard InChI is InChI=1S/C8H12N4/c1-4-8(5-9)12-7(3)10-6(2)11-12/h8H,4H2,1-3H3. The molecule has 0 N–H and O–H groups in total.